The molecule has 2 radical (unpaired) electrons. The molecule has 0 aliphatic heterocycles. The van der Waals surface area contributed by atoms with Gasteiger partial charge in [0, 0.05) is 5.69 Å². The molecule has 0 bridgehead atoms. The molecule has 20 heavy (non-hydrogen) atoms. The molecule has 0 saturated heterocycles. The van der Waals surface area contributed by atoms with Gasteiger partial charge in [0.15, 0.2) is 0 Å². The van der Waals surface area contributed by atoms with Gasteiger partial charge in [0.05, 0.1) is 4.90 Å². The smallest absolute Gasteiger partial charge is 0.263 e. The van der Waals surface area contributed by atoms with Gasteiger partial charge in [-0.1, -0.05) is 30.1 Å². The molecule has 1 N–H and O–H groups in total. The van der Waals surface area contributed by atoms with Gasteiger partial charge in [-0.25, -0.2) is 13.4 Å². The summed E-state index contributed by atoms with van der Waals surface area (Å²) in [6, 6.07) is 9.86. The highest BCUT2D eigenvalue weighted by atomic mass is 32.2. The third kappa shape index (κ3) is 3.19. The Balaban J connectivity index is 2.32. The fourth-order valence-corrected chi connectivity index (χ4v) is 2.83. The number of aryl methyl sites for hydroxylation is 2. The quantitative estimate of drug-likeness (QED) is 0.867. The number of hydrogen-bond acceptors (Lipinski definition) is 3. The highest BCUT2D eigenvalue weighted by molar-refractivity contribution is 7.92. The summed E-state index contributed by atoms with van der Waals surface area (Å²) in [5.74, 6) is 0.318. The Morgan fingerprint density at radius 1 is 1.25 bits per heavy atom. The summed E-state index contributed by atoms with van der Waals surface area (Å²) in [4.78, 5) is 4.40. The topological polar surface area (TPSA) is 59.1 Å². The van der Waals surface area contributed by atoms with Gasteiger partial charge >= 0.3 is 0 Å². The second kappa shape index (κ2) is 5.67. The Labute approximate surface area is 120 Å². The first kappa shape index (κ1) is 14.6. The summed E-state index contributed by atoms with van der Waals surface area (Å²) in [5.41, 5.74) is 2.12. The average molecular weight is 286 g/mol. The molecule has 1 aromatic heterocycles. The van der Waals surface area contributed by atoms with E-state index in [9.17, 15) is 8.42 Å². The number of nitrogens with one attached hydrogen (secondary N) is 1. The van der Waals surface area contributed by atoms with Crippen molar-refractivity contribution in [2.24, 2.45) is 0 Å². The lowest BCUT2D eigenvalue weighted by Gasteiger charge is -2.10. The van der Waals surface area contributed by atoms with Crippen molar-refractivity contribution in [1.29, 1.82) is 0 Å². The molecule has 0 fully saturated rings. The highest BCUT2D eigenvalue weighted by Gasteiger charge is 2.15. The number of benzene rings is 1. The van der Waals surface area contributed by atoms with Crippen molar-refractivity contribution in [2.75, 3.05) is 4.72 Å². The van der Waals surface area contributed by atoms with Gasteiger partial charge in [-0.3, -0.25) is 4.72 Å². The molecule has 2 rings (SSSR count). The van der Waals surface area contributed by atoms with E-state index in [0.29, 0.717) is 11.3 Å². The summed E-state index contributed by atoms with van der Waals surface area (Å²) in [6.45, 7) is 3.73. The van der Waals surface area contributed by atoms with E-state index >= 15 is 0 Å². The van der Waals surface area contributed by atoms with E-state index in [0.717, 1.165) is 17.7 Å². The third-order valence-corrected chi connectivity index (χ3v) is 4.31. The molecular weight excluding hydrogens is 271 g/mol. The zero-order valence-electron chi connectivity index (χ0n) is 11.4. The number of anilines is 1. The van der Waals surface area contributed by atoms with Crippen LogP contribution in [0.4, 0.5) is 5.82 Å². The van der Waals surface area contributed by atoms with Crippen molar-refractivity contribution in [3.8, 4) is 0 Å². The number of nitrogens with zero attached hydrogens (tertiary/aromatic N) is 1. The number of aromatic nitrogens is 1. The van der Waals surface area contributed by atoms with Crippen LogP contribution in [0.5, 0.6) is 0 Å². The van der Waals surface area contributed by atoms with Crippen LogP contribution in [0.25, 0.3) is 0 Å². The summed E-state index contributed by atoms with van der Waals surface area (Å²) >= 11 is 0. The van der Waals surface area contributed by atoms with Gasteiger partial charge < -0.3 is 0 Å². The Bertz CT molecular complexity index is 730. The molecule has 2 aromatic rings. The molecule has 0 unspecified atom stereocenters. The maximum absolute atomic E-state index is 12.3. The van der Waals surface area contributed by atoms with Gasteiger partial charge in [0.2, 0.25) is 0 Å². The summed E-state index contributed by atoms with van der Waals surface area (Å²) in [6.07, 6.45) is 0.747. The van der Waals surface area contributed by atoms with Crippen molar-refractivity contribution in [3.63, 3.8) is 0 Å². The Morgan fingerprint density at radius 2 is 2.00 bits per heavy atom. The Hall–Kier alpha value is -1.82. The second-order valence-electron chi connectivity index (χ2n) is 4.49. The summed E-state index contributed by atoms with van der Waals surface area (Å²) in [7, 11) is 2.05. The molecule has 0 amide bonds. The molecule has 102 valence electrons. The molecule has 0 aliphatic rings. The van der Waals surface area contributed by atoms with Crippen molar-refractivity contribution in [2.45, 2.75) is 25.2 Å². The number of pyridine rings is 1. The van der Waals surface area contributed by atoms with Gasteiger partial charge in [0.1, 0.15) is 13.7 Å². The molecule has 1 heterocycles. The average Bonchev–Trinajstić information content (AvgIpc) is 2.41. The summed E-state index contributed by atoms with van der Waals surface area (Å²) < 4.78 is 27.0. The van der Waals surface area contributed by atoms with E-state index in [1.807, 2.05) is 13.0 Å². The van der Waals surface area contributed by atoms with Crippen LogP contribution < -0.4 is 10.2 Å². The molecule has 0 spiro atoms. The maximum atomic E-state index is 12.3. The van der Waals surface area contributed by atoms with Crippen LogP contribution in [0.3, 0.4) is 0 Å². The molecule has 6 heteroatoms. The molecule has 0 aliphatic carbocycles. The van der Waals surface area contributed by atoms with E-state index < -0.39 is 10.0 Å². The van der Waals surface area contributed by atoms with Gasteiger partial charge in [-0.05, 0) is 37.6 Å². The van der Waals surface area contributed by atoms with E-state index in [1.165, 1.54) is 6.07 Å². The largest absolute Gasteiger partial charge is 0.263 e. The van der Waals surface area contributed by atoms with Gasteiger partial charge in [-0.2, -0.15) is 0 Å². The highest BCUT2D eigenvalue weighted by Crippen LogP contribution is 2.15. The van der Waals surface area contributed by atoms with E-state index in [4.69, 9.17) is 7.85 Å². The predicted octanol–water partition coefficient (Wildman–Crippen LogP) is 1.55. The molecule has 4 nitrogen and oxygen atoms in total. The molecule has 0 saturated carbocycles. The Morgan fingerprint density at radius 3 is 2.65 bits per heavy atom. The standard InChI is InChI=1S/C14H15BN2O2S/c1-3-11-5-4-6-14(16-11)17-20(18,19)12-7-8-13(15)10(2)9-12/h4-9H,3H2,1-2H3,(H,16,17). The van der Waals surface area contributed by atoms with Gasteiger partial charge in [0.25, 0.3) is 10.0 Å². The van der Waals surface area contributed by atoms with Crippen LogP contribution in [0.2, 0.25) is 0 Å². The number of rotatable bonds is 4. The van der Waals surface area contributed by atoms with Crippen molar-refractivity contribution < 1.29 is 8.42 Å². The van der Waals surface area contributed by atoms with Crippen molar-refractivity contribution in [3.05, 3.63) is 47.7 Å². The molecule has 0 atom stereocenters. The van der Waals surface area contributed by atoms with Crippen LogP contribution >= 0.6 is 0 Å². The van der Waals surface area contributed by atoms with Gasteiger partial charge in [-0.15, -0.1) is 0 Å². The minimum atomic E-state index is -3.65. The van der Waals surface area contributed by atoms with Crippen LogP contribution in [0.1, 0.15) is 18.2 Å². The van der Waals surface area contributed by atoms with Crippen LogP contribution in [0, 0.1) is 6.92 Å². The zero-order valence-corrected chi connectivity index (χ0v) is 12.2. The number of sulfonamides is 1. The predicted molar refractivity (Wildman–Crippen MR) is 81.0 cm³/mol. The second-order valence-corrected chi connectivity index (χ2v) is 6.17. The fourth-order valence-electron chi connectivity index (χ4n) is 1.75. The van der Waals surface area contributed by atoms with E-state index in [-0.39, 0.29) is 4.90 Å². The van der Waals surface area contributed by atoms with E-state index in [2.05, 4.69) is 9.71 Å². The first-order valence-electron chi connectivity index (χ1n) is 6.27. The molecular formula is C14H15BN2O2S. The lowest BCUT2D eigenvalue weighted by atomic mass is 9.92. The fraction of sp³-hybridized carbons (Fsp3) is 0.214. The Kier molecular flexibility index (Phi) is 4.13. The van der Waals surface area contributed by atoms with Crippen LogP contribution in [-0.4, -0.2) is 21.2 Å². The maximum Gasteiger partial charge on any atom is 0.263 e. The third-order valence-electron chi connectivity index (χ3n) is 2.96. The minimum Gasteiger partial charge on any atom is -0.263 e. The monoisotopic (exact) mass is 286 g/mol. The van der Waals surface area contributed by atoms with Crippen molar-refractivity contribution >= 4 is 29.2 Å². The zero-order chi connectivity index (χ0) is 14.8. The summed E-state index contributed by atoms with van der Waals surface area (Å²) in [5, 5.41) is 0. The molecule has 1 aromatic carbocycles. The first-order chi connectivity index (χ1) is 9.42. The minimum absolute atomic E-state index is 0.174. The lowest BCUT2D eigenvalue weighted by Crippen LogP contribution is -2.16. The lowest BCUT2D eigenvalue weighted by molar-refractivity contribution is 0.601. The SMILES string of the molecule is [B]c1ccc(S(=O)(=O)Nc2cccc(CC)n2)cc1C. The van der Waals surface area contributed by atoms with Crippen LogP contribution in [0.15, 0.2) is 41.3 Å². The van der Waals surface area contributed by atoms with E-state index in [1.54, 1.807) is 31.2 Å². The number of hydrogen-bond donors (Lipinski definition) is 1. The normalized spacial score (nSPS) is 11.3. The first-order valence-corrected chi connectivity index (χ1v) is 7.75. The van der Waals surface area contributed by atoms with Crippen LogP contribution in [-0.2, 0) is 16.4 Å². The van der Waals surface area contributed by atoms with Crippen molar-refractivity contribution in [1.82, 2.24) is 4.98 Å².